The van der Waals surface area contributed by atoms with E-state index in [1.807, 2.05) is 30.3 Å². The molecular weight excluding hydrogens is 402 g/mol. The summed E-state index contributed by atoms with van der Waals surface area (Å²) >= 11 is 0. The number of nitrogens with one attached hydrogen (secondary N) is 2. The summed E-state index contributed by atoms with van der Waals surface area (Å²) in [7, 11) is 0. The molecular formula is C26H21N3O3. The van der Waals surface area contributed by atoms with Gasteiger partial charge in [0.2, 0.25) is 0 Å². The van der Waals surface area contributed by atoms with Crippen LogP contribution < -0.4 is 10.7 Å². The van der Waals surface area contributed by atoms with Crippen molar-refractivity contribution in [1.82, 2.24) is 5.43 Å². The molecule has 6 nitrogen and oxygen atoms in total. The molecule has 0 atom stereocenters. The predicted molar refractivity (Wildman–Crippen MR) is 126 cm³/mol. The van der Waals surface area contributed by atoms with Crippen molar-refractivity contribution in [2.24, 2.45) is 5.10 Å². The van der Waals surface area contributed by atoms with Gasteiger partial charge in [-0.25, -0.2) is 5.43 Å². The number of carbonyl (C=O) groups is 2. The summed E-state index contributed by atoms with van der Waals surface area (Å²) in [6.07, 6.45) is 0. The number of carbonyl (C=O) groups excluding carboxylic acids is 2. The van der Waals surface area contributed by atoms with Gasteiger partial charge in [-0.15, -0.1) is 0 Å². The lowest BCUT2D eigenvalue weighted by atomic mass is 10.0. The van der Waals surface area contributed by atoms with Gasteiger partial charge in [0, 0.05) is 11.3 Å². The Kier molecular flexibility index (Phi) is 5.94. The normalized spacial score (nSPS) is 11.2. The Bertz CT molecular complexity index is 1330. The van der Waals surface area contributed by atoms with Crippen molar-refractivity contribution in [3.8, 4) is 5.75 Å². The van der Waals surface area contributed by atoms with E-state index >= 15 is 0 Å². The highest BCUT2D eigenvalue weighted by molar-refractivity contribution is 6.10. The lowest BCUT2D eigenvalue weighted by molar-refractivity contribution is 0.0953. The van der Waals surface area contributed by atoms with Crippen LogP contribution in [-0.2, 0) is 0 Å². The van der Waals surface area contributed by atoms with Crippen LogP contribution in [0.2, 0.25) is 0 Å². The second-order valence-electron chi connectivity index (χ2n) is 7.22. The molecule has 0 spiro atoms. The van der Waals surface area contributed by atoms with Gasteiger partial charge >= 0.3 is 0 Å². The van der Waals surface area contributed by atoms with Crippen molar-refractivity contribution < 1.29 is 14.7 Å². The maximum Gasteiger partial charge on any atom is 0.275 e. The van der Waals surface area contributed by atoms with E-state index in [1.54, 1.807) is 61.5 Å². The SMILES string of the molecule is CC(=NNC(=O)c1c(O)ccc2ccccc12)c1cccc(NC(=O)c2ccccc2)c1. The number of phenolic OH excluding ortho intramolecular Hbond substituents is 1. The molecule has 0 fully saturated rings. The Morgan fingerprint density at radius 3 is 2.31 bits per heavy atom. The van der Waals surface area contributed by atoms with E-state index < -0.39 is 5.91 Å². The third kappa shape index (κ3) is 4.49. The van der Waals surface area contributed by atoms with Crippen LogP contribution in [0.25, 0.3) is 10.8 Å². The quantitative estimate of drug-likeness (QED) is 0.313. The minimum Gasteiger partial charge on any atom is -0.507 e. The topological polar surface area (TPSA) is 90.8 Å². The molecule has 4 aromatic rings. The van der Waals surface area contributed by atoms with Crippen LogP contribution >= 0.6 is 0 Å². The number of fused-ring (bicyclic) bond motifs is 1. The molecule has 2 amide bonds. The number of amides is 2. The zero-order chi connectivity index (χ0) is 22.5. The summed E-state index contributed by atoms with van der Waals surface area (Å²) in [5, 5.41) is 18.8. The molecule has 0 bridgehead atoms. The molecule has 6 heteroatoms. The van der Waals surface area contributed by atoms with Gasteiger partial charge in [-0.2, -0.15) is 5.10 Å². The summed E-state index contributed by atoms with van der Waals surface area (Å²) in [4.78, 5) is 25.1. The molecule has 3 N–H and O–H groups in total. The van der Waals surface area contributed by atoms with Crippen molar-refractivity contribution in [2.45, 2.75) is 6.92 Å². The summed E-state index contributed by atoms with van der Waals surface area (Å²) in [6.45, 7) is 1.75. The van der Waals surface area contributed by atoms with E-state index in [-0.39, 0.29) is 17.2 Å². The summed E-state index contributed by atoms with van der Waals surface area (Å²) in [5.74, 6) is -0.830. The Morgan fingerprint density at radius 2 is 1.50 bits per heavy atom. The third-order valence-corrected chi connectivity index (χ3v) is 5.03. The molecule has 158 valence electrons. The second-order valence-corrected chi connectivity index (χ2v) is 7.22. The van der Waals surface area contributed by atoms with Crippen LogP contribution in [0.15, 0.2) is 96.1 Å². The molecule has 0 aromatic heterocycles. The van der Waals surface area contributed by atoms with Crippen LogP contribution in [0.1, 0.15) is 33.2 Å². The average molecular weight is 423 g/mol. The van der Waals surface area contributed by atoms with Gasteiger partial charge in [-0.05, 0) is 53.6 Å². The first-order chi connectivity index (χ1) is 15.5. The number of nitrogens with zero attached hydrogens (tertiary/aromatic N) is 1. The number of hydrogen-bond acceptors (Lipinski definition) is 4. The number of hydrazone groups is 1. The lowest BCUT2D eigenvalue weighted by Gasteiger charge is -2.09. The summed E-state index contributed by atoms with van der Waals surface area (Å²) in [5.41, 5.74) is 5.15. The van der Waals surface area contributed by atoms with Gasteiger partial charge in [0.05, 0.1) is 11.3 Å². The Labute approximate surface area is 185 Å². The van der Waals surface area contributed by atoms with Crippen molar-refractivity contribution >= 4 is 34.0 Å². The Balaban J connectivity index is 1.52. The van der Waals surface area contributed by atoms with E-state index in [4.69, 9.17) is 0 Å². The molecule has 0 aliphatic heterocycles. The van der Waals surface area contributed by atoms with Gasteiger partial charge in [0.15, 0.2) is 0 Å². The van der Waals surface area contributed by atoms with Crippen LogP contribution in [0.5, 0.6) is 5.75 Å². The van der Waals surface area contributed by atoms with E-state index in [0.717, 1.165) is 10.9 Å². The minimum atomic E-state index is -0.507. The third-order valence-electron chi connectivity index (χ3n) is 5.03. The van der Waals surface area contributed by atoms with Crippen molar-refractivity contribution in [3.63, 3.8) is 0 Å². The number of benzene rings is 4. The average Bonchev–Trinajstić information content (AvgIpc) is 2.83. The highest BCUT2D eigenvalue weighted by Gasteiger charge is 2.15. The van der Waals surface area contributed by atoms with E-state index in [0.29, 0.717) is 22.3 Å². The van der Waals surface area contributed by atoms with Gasteiger partial charge in [0.25, 0.3) is 11.8 Å². The highest BCUT2D eigenvalue weighted by Crippen LogP contribution is 2.27. The monoisotopic (exact) mass is 423 g/mol. The first-order valence-corrected chi connectivity index (χ1v) is 10.0. The minimum absolute atomic E-state index is 0.111. The van der Waals surface area contributed by atoms with Gasteiger partial charge < -0.3 is 10.4 Å². The van der Waals surface area contributed by atoms with Crippen LogP contribution in [0, 0.1) is 0 Å². The first-order valence-electron chi connectivity index (χ1n) is 10.0. The fourth-order valence-corrected chi connectivity index (χ4v) is 3.37. The van der Waals surface area contributed by atoms with E-state index in [9.17, 15) is 14.7 Å². The number of anilines is 1. The maximum atomic E-state index is 12.7. The first kappa shape index (κ1) is 20.8. The lowest BCUT2D eigenvalue weighted by Crippen LogP contribution is -2.20. The fourth-order valence-electron chi connectivity index (χ4n) is 3.37. The van der Waals surface area contributed by atoms with Gasteiger partial charge in [0.1, 0.15) is 5.75 Å². The van der Waals surface area contributed by atoms with Crippen molar-refractivity contribution in [2.75, 3.05) is 5.32 Å². The van der Waals surface area contributed by atoms with E-state index in [1.165, 1.54) is 6.07 Å². The van der Waals surface area contributed by atoms with Gasteiger partial charge in [-0.1, -0.05) is 60.7 Å². The zero-order valence-electron chi connectivity index (χ0n) is 17.4. The number of aromatic hydroxyl groups is 1. The molecule has 0 heterocycles. The van der Waals surface area contributed by atoms with Crippen LogP contribution in [0.4, 0.5) is 5.69 Å². The van der Waals surface area contributed by atoms with E-state index in [2.05, 4.69) is 15.8 Å². The smallest absolute Gasteiger partial charge is 0.275 e. The molecule has 0 radical (unpaired) electrons. The van der Waals surface area contributed by atoms with Gasteiger partial charge in [-0.3, -0.25) is 9.59 Å². The maximum absolute atomic E-state index is 12.7. The van der Waals surface area contributed by atoms with Crippen LogP contribution in [-0.4, -0.2) is 22.6 Å². The number of rotatable bonds is 5. The highest BCUT2D eigenvalue weighted by atomic mass is 16.3. The summed E-state index contributed by atoms with van der Waals surface area (Å²) < 4.78 is 0. The molecule has 0 saturated heterocycles. The molecule has 0 aliphatic rings. The van der Waals surface area contributed by atoms with Crippen LogP contribution in [0.3, 0.4) is 0 Å². The second kappa shape index (κ2) is 9.14. The summed E-state index contributed by atoms with van der Waals surface area (Å²) in [6, 6.07) is 26.7. The standard InChI is InChI=1S/C26H21N3O3/c1-17(20-11-7-12-21(16-20)27-25(31)19-9-3-2-4-10-19)28-29-26(32)24-22-13-6-5-8-18(22)14-15-23(24)30/h2-16,30H,1H3,(H,27,31)(H,29,32). The van der Waals surface area contributed by atoms with Crippen molar-refractivity contribution in [3.05, 3.63) is 108 Å². The predicted octanol–water partition coefficient (Wildman–Crippen LogP) is 4.95. The molecule has 32 heavy (non-hydrogen) atoms. The molecule has 4 aromatic carbocycles. The zero-order valence-corrected chi connectivity index (χ0v) is 17.4. The number of hydrogen-bond donors (Lipinski definition) is 3. The molecule has 0 unspecified atom stereocenters. The van der Waals surface area contributed by atoms with Crippen molar-refractivity contribution in [1.29, 1.82) is 0 Å². The molecule has 0 aliphatic carbocycles. The largest absolute Gasteiger partial charge is 0.507 e. The molecule has 0 saturated carbocycles. The molecule has 4 rings (SSSR count). The Hall–Kier alpha value is -4.45. The Morgan fingerprint density at radius 1 is 0.781 bits per heavy atom. The number of phenols is 1. The fraction of sp³-hybridized carbons (Fsp3) is 0.0385.